The Kier molecular flexibility index (Phi) is 5.62. The summed E-state index contributed by atoms with van der Waals surface area (Å²) in [6.45, 7) is 3.92. The molecule has 0 radical (unpaired) electrons. The molecule has 0 spiro atoms. The SMILES string of the molecule is O=C(O)[C@@H]1CCCC[C@@H]1C(=O)N1CCN(Cc2cccc3ccccc23)CC1. The van der Waals surface area contributed by atoms with Gasteiger partial charge in [-0.1, -0.05) is 55.3 Å². The maximum Gasteiger partial charge on any atom is 0.307 e. The molecule has 5 nitrogen and oxygen atoms in total. The van der Waals surface area contributed by atoms with Crippen molar-refractivity contribution >= 4 is 22.6 Å². The summed E-state index contributed by atoms with van der Waals surface area (Å²) < 4.78 is 0. The molecule has 0 bridgehead atoms. The van der Waals surface area contributed by atoms with Crippen molar-refractivity contribution in [3.8, 4) is 0 Å². The molecule has 2 fully saturated rings. The molecule has 1 amide bonds. The summed E-state index contributed by atoms with van der Waals surface area (Å²) in [7, 11) is 0. The predicted molar refractivity (Wildman–Crippen MR) is 109 cm³/mol. The largest absolute Gasteiger partial charge is 0.481 e. The lowest BCUT2D eigenvalue weighted by atomic mass is 9.78. The summed E-state index contributed by atoms with van der Waals surface area (Å²) in [4.78, 5) is 28.8. The third-order valence-electron chi connectivity index (χ3n) is 6.36. The topological polar surface area (TPSA) is 60.9 Å². The van der Waals surface area contributed by atoms with Gasteiger partial charge < -0.3 is 10.0 Å². The van der Waals surface area contributed by atoms with E-state index in [-0.39, 0.29) is 11.8 Å². The Morgan fingerprint density at radius 1 is 0.893 bits per heavy atom. The Hall–Kier alpha value is -2.40. The zero-order valence-electron chi connectivity index (χ0n) is 16.2. The Balaban J connectivity index is 1.38. The van der Waals surface area contributed by atoms with Gasteiger partial charge in [0, 0.05) is 32.7 Å². The third-order valence-corrected chi connectivity index (χ3v) is 6.36. The van der Waals surface area contributed by atoms with E-state index in [1.165, 1.54) is 16.3 Å². The van der Waals surface area contributed by atoms with Gasteiger partial charge in [-0.3, -0.25) is 14.5 Å². The van der Waals surface area contributed by atoms with Crippen LogP contribution in [0.5, 0.6) is 0 Å². The van der Waals surface area contributed by atoms with Crippen molar-refractivity contribution in [1.82, 2.24) is 9.80 Å². The van der Waals surface area contributed by atoms with Crippen molar-refractivity contribution in [3.05, 3.63) is 48.0 Å². The number of benzene rings is 2. The number of aliphatic carboxylic acids is 1. The first-order chi connectivity index (χ1) is 13.6. The number of nitrogens with zero attached hydrogens (tertiary/aromatic N) is 2. The lowest BCUT2D eigenvalue weighted by Crippen LogP contribution is -2.51. The molecule has 1 aliphatic heterocycles. The fourth-order valence-electron chi connectivity index (χ4n) is 4.75. The van der Waals surface area contributed by atoms with Crippen molar-refractivity contribution < 1.29 is 14.7 Å². The maximum atomic E-state index is 13.0. The molecule has 148 valence electrons. The number of carboxylic acid groups (broad SMARTS) is 1. The van der Waals surface area contributed by atoms with E-state index in [1.807, 2.05) is 4.90 Å². The van der Waals surface area contributed by atoms with E-state index in [1.54, 1.807) is 0 Å². The van der Waals surface area contributed by atoms with Crippen LogP contribution in [-0.4, -0.2) is 53.0 Å². The first-order valence-corrected chi connectivity index (χ1v) is 10.3. The van der Waals surface area contributed by atoms with Crippen LogP contribution in [0.25, 0.3) is 10.8 Å². The van der Waals surface area contributed by atoms with Crippen LogP contribution in [0.1, 0.15) is 31.2 Å². The molecule has 2 aromatic rings. The Morgan fingerprint density at radius 2 is 1.57 bits per heavy atom. The van der Waals surface area contributed by atoms with Gasteiger partial charge in [-0.2, -0.15) is 0 Å². The molecule has 1 saturated heterocycles. The number of carboxylic acids is 1. The summed E-state index contributed by atoms with van der Waals surface area (Å²) >= 11 is 0. The van der Waals surface area contributed by atoms with Crippen LogP contribution in [-0.2, 0) is 16.1 Å². The Labute approximate surface area is 165 Å². The van der Waals surface area contributed by atoms with Crippen molar-refractivity contribution in [2.75, 3.05) is 26.2 Å². The lowest BCUT2D eigenvalue weighted by molar-refractivity contribution is -0.153. The van der Waals surface area contributed by atoms with Crippen molar-refractivity contribution in [2.24, 2.45) is 11.8 Å². The molecule has 1 saturated carbocycles. The molecule has 2 aliphatic rings. The van der Waals surface area contributed by atoms with E-state index < -0.39 is 11.9 Å². The number of carbonyl (C=O) groups is 2. The second-order valence-corrected chi connectivity index (χ2v) is 8.08. The molecule has 1 aliphatic carbocycles. The fraction of sp³-hybridized carbons (Fsp3) is 0.478. The minimum absolute atomic E-state index is 0.0527. The average molecular weight is 380 g/mol. The highest BCUT2D eigenvalue weighted by Crippen LogP contribution is 2.32. The summed E-state index contributed by atoms with van der Waals surface area (Å²) in [5, 5.41) is 12.0. The zero-order chi connectivity index (χ0) is 19.5. The fourth-order valence-corrected chi connectivity index (χ4v) is 4.75. The van der Waals surface area contributed by atoms with Crippen LogP contribution < -0.4 is 0 Å². The summed E-state index contributed by atoms with van der Waals surface area (Å²) in [5.74, 6) is -1.60. The van der Waals surface area contributed by atoms with Gasteiger partial charge in [0.25, 0.3) is 0 Å². The molecule has 1 N–H and O–H groups in total. The van der Waals surface area contributed by atoms with Gasteiger partial charge >= 0.3 is 5.97 Å². The number of fused-ring (bicyclic) bond motifs is 1. The van der Waals surface area contributed by atoms with E-state index in [0.717, 1.165) is 32.5 Å². The van der Waals surface area contributed by atoms with E-state index in [9.17, 15) is 14.7 Å². The van der Waals surface area contributed by atoms with Gasteiger partial charge in [-0.15, -0.1) is 0 Å². The monoisotopic (exact) mass is 380 g/mol. The third kappa shape index (κ3) is 3.90. The molecular formula is C23H28N2O3. The molecule has 0 aromatic heterocycles. The van der Waals surface area contributed by atoms with Gasteiger partial charge in [0.05, 0.1) is 11.8 Å². The quantitative estimate of drug-likeness (QED) is 0.883. The van der Waals surface area contributed by atoms with Gasteiger partial charge in [0.2, 0.25) is 5.91 Å². The smallest absolute Gasteiger partial charge is 0.307 e. The standard InChI is InChI=1S/C23H28N2O3/c26-22(20-10-3-4-11-21(20)23(27)28)25-14-12-24(13-15-25)16-18-8-5-7-17-6-1-2-9-19(17)18/h1-2,5-9,20-21H,3-4,10-16H2,(H,27,28)/t20-,21+/m0/s1. The van der Waals surface area contributed by atoms with Crippen LogP contribution in [0.4, 0.5) is 0 Å². The van der Waals surface area contributed by atoms with Crippen LogP contribution in [0.2, 0.25) is 0 Å². The summed E-state index contributed by atoms with van der Waals surface area (Å²) in [6.07, 6.45) is 3.22. The number of hydrogen-bond acceptors (Lipinski definition) is 3. The summed E-state index contributed by atoms with van der Waals surface area (Å²) in [6, 6.07) is 14.9. The number of piperazine rings is 1. The number of hydrogen-bond donors (Lipinski definition) is 1. The first-order valence-electron chi connectivity index (χ1n) is 10.3. The van der Waals surface area contributed by atoms with Crippen LogP contribution in [0.15, 0.2) is 42.5 Å². The minimum atomic E-state index is -0.812. The lowest BCUT2D eigenvalue weighted by Gasteiger charge is -2.38. The molecule has 28 heavy (non-hydrogen) atoms. The molecule has 2 aromatic carbocycles. The van der Waals surface area contributed by atoms with Crippen molar-refractivity contribution in [2.45, 2.75) is 32.2 Å². The average Bonchev–Trinajstić information content (AvgIpc) is 2.74. The number of amides is 1. The highest BCUT2D eigenvalue weighted by atomic mass is 16.4. The number of carbonyl (C=O) groups excluding carboxylic acids is 1. The highest BCUT2D eigenvalue weighted by Gasteiger charge is 2.38. The summed E-state index contributed by atoms with van der Waals surface area (Å²) in [5.41, 5.74) is 1.32. The first kappa shape index (κ1) is 18.9. The number of rotatable bonds is 4. The second-order valence-electron chi connectivity index (χ2n) is 8.08. The Bertz CT molecular complexity index is 853. The van der Waals surface area contributed by atoms with Gasteiger partial charge in [0.15, 0.2) is 0 Å². The van der Waals surface area contributed by atoms with E-state index >= 15 is 0 Å². The van der Waals surface area contributed by atoms with Gasteiger partial charge in [-0.05, 0) is 29.2 Å². The van der Waals surface area contributed by atoms with Gasteiger partial charge in [-0.25, -0.2) is 0 Å². The van der Waals surface area contributed by atoms with Gasteiger partial charge in [0.1, 0.15) is 0 Å². The maximum absolute atomic E-state index is 13.0. The molecule has 2 atom stereocenters. The van der Waals surface area contributed by atoms with Crippen molar-refractivity contribution in [1.29, 1.82) is 0 Å². The normalized spacial score (nSPS) is 23.6. The van der Waals surface area contributed by atoms with Crippen LogP contribution in [0, 0.1) is 11.8 Å². The zero-order valence-corrected chi connectivity index (χ0v) is 16.2. The molecular weight excluding hydrogens is 352 g/mol. The molecule has 4 rings (SSSR count). The molecule has 1 heterocycles. The minimum Gasteiger partial charge on any atom is -0.481 e. The van der Waals surface area contributed by atoms with Crippen LogP contribution in [0.3, 0.4) is 0 Å². The second kappa shape index (κ2) is 8.31. The molecule has 5 heteroatoms. The van der Waals surface area contributed by atoms with Crippen LogP contribution >= 0.6 is 0 Å². The van der Waals surface area contributed by atoms with E-state index in [4.69, 9.17) is 0 Å². The van der Waals surface area contributed by atoms with E-state index in [2.05, 4.69) is 47.4 Å². The van der Waals surface area contributed by atoms with E-state index in [0.29, 0.717) is 25.9 Å². The Morgan fingerprint density at radius 3 is 2.32 bits per heavy atom. The highest BCUT2D eigenvalue weighted by molar-refractivity contribution is 5.86. The predicted octanol–water partition coefficient (Wildman–Crippen LogP) is 3.38. The van der Waals surface area contributed by atoms with Crippen molar-refractivity contribution in [3.63, 3.8) is 0 Å². The molecule has 0 unspecified atom stereocenters.